The van der Waals surface area contributed by atoms with E-state index in [0.29, 0.717) is 5.69 Å². The van der Waals surface area contributed by atoms with Crippen LogP contribution in [0, 0.1) is 0 Å². The molecule has 0 N–H and O–H groups in total. The van der Waals surface area contributed by atoms with Crippen molar-refractivity contribution in [2.45, 2.75) is 4.90 Å². The van der Waals surface area contributed by atoms with Gasteiger partial charge in [-0.05, 0) is 18.2 Å². The van der Waals surface area contributed by atoms with E-state index in [2.05, 4.69) is 0 Å². The zero-order valence-corrected chi connectivity index (χ0v) is 11.6. The molecule has 2 rings (SSSR count). The molecular formula is C12H10NO4S2-. The van der Waals surface area contributed by atoms with Crippen molar-refractivity contribution in [3.05, 3.63) is 46.7 Å². The van der Waals surface area contributed by atoms with E-state index in [0.717, 1.165) is 21.7 Å². The number of anilines is 1. The Labute approximate surface area is 114 Å². The Morgan fingerprint density at radius 3 is 2.42 bits per heavy atom. The molecule has 0 amide bonds. The van der Waals surface area contributed by atoms with Crippen LogP contribution >= 0.6 is 11.3 Å². The molecule has 0 saturated heterocycles. The molecule has 0 atom stereocenters. The van der Waals surface area contributed by atoms with E-state index in [1.165, 1.54) is 12.4 Å². The monoisotopic (exact) mass is 296 g/mol. The van der Waals surface area contributed by atoms with Crippen molar-refractivity contribution in [1.29, 1.82) is 0 Å². The van der Waals surface area contributed by atoms with Crippen LogP contribution in [-0.2, 0) is 10.0 Å². The summed E-state index contributed by atoms with van der Waals surface area (Å²) in [5.74, 6) is -1.38. The number of benzene rings is 1. The van der Waals surface area contributed by atoms with Crippen molar-refractivity contribution in [2.24, 2.45) is 0 Å². The summed E-state index contributed by atoms with van der Waals surface area (Å²) in [6.07, 6.45) is 0. The zero-order chi connectivity index (χ0) is 14.0. The summed E-state index contributed by atoms with van der Waals surface area (Å²) in [6.45, 7) is 0. The number of carbonyl (C=O) groups is 1. The minimum Gasteiger partial charge on any atom is -0.544 e. The molecule has 1 aromatic heterocycles. The summed E-state index contributed by atoms with van der Waals surface area (Å²) in [7, 11) is -2.33. The SMILES string of the molecule is CN(c1ccccc1)S(=O)(=O)c1csc(C(=O)[O-])c1. The summed E-state index contributed by atoms with van der Waals surface area (Å²) in [5.41, 5.74) is 0.503. The first-order valence-corrected chi connectivity index (χ1v) is 7.59. The maximum atomic E-state index is 12.3. The van der Waals surface area contributed by atoms with Crippen LogP contribution in [0.3, 0.4) is 0 Å². The fourth-order valence-electron chi connectivity index (χ4n) is 1.50. The van der Waals surface area contributed by atoms with E-state index in [1.54, 1.807) is 30.3 Å². The number of sulfonamides is 1. The molecule has 0 radical (unpaired) electrons. The largest absolute Gasteiger partial charge is 0.544 e. The molecule has 0 aliphatic carbocycles. The molecule has 5 nitrogen and oxygen atoms in total. The Morgan fingerprint density at radius 2 is 1.89 bits per heavy atom. The van der Waals surface area contributed by atoms with E-state index in [-0.39, 0.29) is 9.77 Å². The van der Waals surface area contributed by atoms with Gasteiger partial charge in [-0.2, -0.15) is 0 Å². The third-order valence-electron chi connectivity index (χ3n) is 2.55. The van der Waals surface area contributed by atoms with Gasteiger partial charge in [0.05, 0.1) is 21.4 Å². The molecule has 1 heterocycles. The van der Waals surface area contributed by atoms with Crippen LogP contribution in [0.1, 0.15) is 9.67 Å². The minimum atomic E-state index is -3.75. The van der Waals surface area contributed by atoms with Gasteiger partial charge in [-0.3, -0.25) is 4.31 Å². The summed E-state index contributed by atoms with van der Waals surface area (Å²) in [4.78, 5) is 10.5. The topological polar surface area (TPSA) is 77.5 Å². The standard InChI is InChI=1S/C12H11NO4S2/c1-13(9-5-3-2-4-6-9)19(16,17)10-7-11(12(14)15)18-8-10/h2-8H,1H3,(H,14,15)/p-1. The second kappa shape index (κ2) is 5.02. The van der Waals surface area contributed by atoms with Crippen molar-refractivity contribution in [3.63, 3.8) is 0 Å². The van der Waals surface area contributed by atoms with Crippen molar-refractivity contribution in [2.75, 3.05) is 11.4 Å². The van der Waals surface area contributed by atoms with Crippen LogP contribution < -0.4 is 9.41 Å². The number of carbonyl (C=O) groups excluding carboxylic acids is 1. The van der Waals surface area contributed by atoms with Crippen LogP contribution in [0.15, 0.2) is 46.7 Å². The molecule has 0 bridgehead atoms. The maximum absolute atomic E-state index is 12.3. The number of carboxylic acids is 1. The smallest absolute Gasteiger partial charge is 0.264 e. The van der Waals surface area contributed by atoms with Gasteiger partial charge < -0.3 is 9.90 Å². The highest BCUT2D eigenvalue weighted by atomic mass is 32.2. The number of hydrogen-bond acceptors (Lipinski definition) is 5. The predicted octanol–water partition coefficient (Wildman–Crippen LogP) is 0.937. The first kappa shape index (κ1) is 13.6. The van der Waals surface area contributed by atoms with Crippen LogP contribution in [-0.4, -0.2) is 21.4 Å². The Hall–Kier alpha value is -1.86. The first-order valence-electron chi connectivity index (χ1n) is 5.27. The van der Waals surface area contributed by atoms with Crippen LogP contribution in [0.2, 0.25) is 0 Å². The van der Waals surface area contributed by atoms with Gasteiger partial charge in [0, 0.05) is 12.4 Å². The van der Waals surface area contributed by atoms with Gasteiger partial charge in [-0.25, -0.2) is 8.42 Å². The lowest BCUT2D eigenvalue weighted by atomic mass is 10.3. The molecule has 1 aromatic carbocycles. The van der Waals surface area contributed by atoms with Crippen molar-refractivity contribution >= 4 is 33.0 Å². The fraction of sp³-hybridized carbons (Fsp3) is 0.0833. The van der Waals surface area contributed by atoms with Gasteiger partial charge in [-0.15, -0.1) is 11.3 Å². The summed E-state index contributed by atoms with van der Waals surface area (Å²) >= 11 is 0.829. The number of hydrogen-bond donors (Lipinski definition) is 0. The van der Waals surface area contributed by atoms with E-state index in [1.807, 2.05) is 0 Å². The van der Waals surface area contributed by atoms with E-state index in [4.69, 9.17) is 0 Å². The third-order valence-corrected chi connectivity index (χ3v) is 5.38. The average molecular weight is 296 g/mol. The second-order valence-corrected chi connectivity index (χ2v) is 6.62. The van der Waals surface area contributed by atoms with Gasteiger partial charge in [0.15, 0.2) is 0 Å². The van der Waals surface area contributed by atoms with Crippen molar-refractivity contribution < 1.29 is 18.3 Å². The summed E-state index contributed by atoms with van der Waals surface area (Å²) < 4.78 is 25.7. The molecule has 0 saturated carbocycles. The van der Waals surface area contributed by atoms with E-state index >= 15 is 0 Å². The molecule has 0 fully saturated rings. The summed E-state index contributed by atoms with van der Waals surface area (Å²) in [5, 5.41) is 12.0. The minimum absolute atomic E-state index is 0.0527. The van der Waals surface area contributed by atoms with Crippen LogP contribution in [0.5, 0.6) is 0 Å². The third kappa shape index (κ3) is 2.61. The number of carboxylic acid groups (broad SMARTS) is 1. The molecule has 2 aromatic rings. The fourth-order valence-corrected chi connectivity index (χ4v) is 3.79. The van der Waals surface area contributed by atoms with Gasteiger partial charge in [-0.1, -0.05) is 18.2 Å². The lowest BCUT2D eigenvalue weighted by Gasteiger charge is -2.18. The normalized spacial score (nSPS) is 11.2. The number of thiophene rings is 1. The second-order valence-electron chi connectivity index (χ2n) is 3.74. The van der Waals surface area contributed by atoms with Crippen LogP contribution in [0.25, 0.3) is 0 Å². The highest BCUT2D eigenvalue weighted by Gasteiger charge is 2.22. The molecule has 19 heavy (non-hydrogen) atoms. The van der Waals surface area contributed by atoms with E-state index < -0.39 is 16.0 Å². The number of nitrogens with zero attached hydrogens (tertiary/aromatic N) is 1. The Balaban J connectivity index is 2.39. The van der Waals surface area contributed by atoms with Crippen LogP contribution in [0.4, 0.5) is 5.69 Å². The lowest BCUT2D eigenvalue weighted by Crippen LogP contribution is -2.26. The molecule has 0 spiro atoms. The highest BCUT2D eigenvalue weighted by molar-refractivity contribution is 7.93. The number of rotatable bonds is 4. The summed E-state index contributed by atoms with van der Waals surface area (Å²) in [6, 6.07) is 9.65. The van der Waals surface area contributed by atoms with Crippen molar-refractivity contribution in [1.82, 2.24) is 0 Å². The quantitative estimate of drug-likeness (QED) is 0.841. The first-order chi connectivity index (χ1) is 8.93. The number of para-hydroxylation sites is 1. The van der Waals surface area contributed by atoms with Gasteiger partial charge in [0.1, 0.15) is 0 Å². The Morgan fingerprint density at radius 1 is 1.26 bits per heavy atom. The maximum Gasteiger partial charge on any atom is 0.264 e. The van der Waals surface area contributed by atoms with Crippen molar-refractivity contribution in [3.8, 4) is 0 Å². The highest BCUT2D eigenvalue weighted by Crippen LogP contribution is 2.25. The lowest BCUT2D eigenvalue weighted by molar-refractivity contribution is -0.254. The molecular weight excluding hydrogens is 286 g/mol. The zero-order valence-electron chi connectivity index (χ0n) is 9.94. The Kier molecular flexibility index (Phi) is 3.59. The van der Waals surface area contributed by atoms with Gasteiger partial charge in [0.25, 0.3) is 10.0 Å². The molecule has 0 unspecified atom stereocenters. The Bertz CT molecular complexity index is 692. The molecule has 0 aliphatic rings. The van der Waals surface area contributed by atoms with Gasteiger partial charge in [0.2, 0.25) is 0 Å². The molecule has 0 aliphatic heterocycles. The molecule has 7 heteroatoms. The van der Waals surface area contributed by atoms with Gasteiger partial charge >= 0.3 is 0 Å². The van der Waals surface area contributed by atoms with E-state index in [9.17, 15) is 18.3 Å². The predicted molar refractivity (Wildman–Crippen MR) is 70.7 cm³/mol. The number of aromatic carboxylic acids is 1. The average Bonchev–Trinajstić information content (AvgIpc) is 2.89. The molecule has 100 valence electrons.